The fourth-order valence-corrected chi connectivity index (χ4v) is 2.41. The highest BCUT2D eigenvalue weighted by Gasteiger charge is 2.04. The third-order valence-corrected chi connectivity index (χ3v) is 3.49. The highest BCUT2D eigenvalue weighted by atomic mass is 19.1. The Bertz CT molecular complexity index is 742. The summed E-state index contributed by atoms with van der Waals surface area (Å²) in [6.45, 7) is 0. The van der Waals surface area contributed by atoms with Crippen molar-refractivity contribution in [2.45, 2.75) is 6.42 Å². The van der Waals surface area contributed by atoms with E-state index in [-0.39, 0.29) is 0 Å². The lowest BCUT2D eigenvalue weighted by atomic mass is 9.97. The second-order valence-corrected chi connectivity index (χ2v) is 4.86. The maximum absolute atomic E-state index is 13.3. The summed E-state index contributed by atoms with van der Waals surface area (Å²) in [4.78, 5) is 0. The maximum atomic E-state index is 13.3. The molecule has 0 heterocycles. The van der Waals surface area contributed by atoms with Gasteiger partial charge >= 0.3 is 0 Å². The second kappa shape index (κ2) is 5.70. The second-order valence-electron chi connectivity index (χ2n) is 4.86. The van der Waals surface area contributed by atoms with Gasteiger partial charge in [0.2, 0.25) is 0 Å². The van der Waals surface area contributed by atoms with E-state index in [2.05, 4.69) is 12.1 Å². The summed E-state index contributed by atoms with van der Waals surface area (Å²) in [5, 5.41) is 2.31. The lowest BCUT2D eigenvalue weighted by Crippen LogP contribution is -1.90. The first kappa shape index (κ1) is 12.6. The smallest absolute Gasteiger partial charge is 0.0908 e. The number of rotatable bonds is 3. The van der Waals surface area contributed by atoms with Gasteiger partial charge in [-0.05, 0) is 33.5 Å². The van der Waals surface area contributed by atoms with Gasteiger partial charge in [0.05, 0.1) is 6.33 Å². The highest BCUT2D eigenvalue weighted by molar-refractivity contribution is 5.86. The number of halogens is 1. The van der Waals surface area contributed by atoms with E-state index in [9.17, 15) is 4.39 Å². The molecule has 20 heavy (non-hydrogen) atoms. The van der Waals surface area contributed by atoms with Crippen LogP contribution in [0.25, 0.3) is 16.3 Å². The Morgan fingerprint density at radius 3 is 2.25 bits per heavy atom. The van der Waals surface area contributed by atoms with Crippen molar-refractivity contribution in [2.24, 2.45) is 0 Å². The Kier molecular flexibility index (Phi) is 3.60. The number of hydrogen-bond acceptors (Lipinski definition) is 0. The van der Waals surface area contributed by atoms with Gasteiger partial charge in [-0.25, -0.2) is 4.39 Å². The summed E-state index contributed by atoms with van der Waals surface area (Å²) in [5.74, 6) is 0. The van der Waals surface area contributed by atoms with Crippen LogP contribution in [0.3, 0.4) is 0 Å². The minimum absolute atomic E-state index is 0.607. The molecule has 0 nitrogen and oxygen atoms in total. The molecular weight excluding hydrogens is 247 g/mol. The van der Waals surface area contributed by atoms with Crippen LogP contribution in [0.15, 0.2) is 79.1 Å². The van der Waals surface area contributed by atoms with Crippen LogP contribution in [0.2, 0.25) is 0 Å². The molecule has 0 aliphatic carbocycles. The van der Waals surface area contributed by atoms with Crippen LogP contribution in [-0.2, 0) is 6.42 Å². The summed E-state index contributed by atoms with van der Waals surface area (Å²) in [6, 6.07) is 24.2. The van der Waals surface area contributed by atoms with Crippen molar-refractivity contribution < 1.29 is 4.39 Å². The van der Waals surface area contributed by atoms with Gasteiger partial charge in [0, 0.05) is 6.42 Å². The number of hydrogen-bond donors (Lipinski definition) is 0. The van der Waals surface area contributed by atoms with Gasteiger partial charge in [0.25, 0.3) is 0 Å². The van der Waals surface area contributed by atoms with Gasteiger partial charge in [-0.15, -0.1) is 0 Å². The monoisotopic (exact) mass is 262 g/mol. The van der Waals surface area contributed by atoms with Crippen molar-refractivity contribution in [1.82, 2.24) is 0 Å². The van der Waals surface area contributed by atoms with Crippen LogP contribution in [-0.4, -0.2) is 0 Å². The van der Waals surface area contributed by atoms with Gasteiger partial charge in [-0.1, -0.05) is 66.7 Å². The quantitative estimate of drug-likeness (QED) is 0.593. The SMILES string of the molecule is F/C=C(/Cc1ccccc1)c1ccc2ccccc2c1. The van der Waals surface area contributed by atoms with Gasteiger partial charge in [0.1, 0.15) is 0 Å². The van der Waals surface area contributed by atoms with E-state index in [0.717, 1.165) is 22.8 Å². The molecule has 0 aromatic heterocycles. The average molecular weight is 262 g/mol. The molecule has 0 aliphatic heterocycles. The Labute approximate surface area is 118 Å². The number of fused-ring (bicyclic) bond motifs is 1. The summed E-state index contributed by atoms with van der Waals surface area (Å²) in [6.07, 6.45) is 1.33. The van der Waals surface area contributed by atoms with Crippen LogP contribution < -0.4 is 0 Å². The van der Waals surface area contributed by atoms with E-state index < -0.39 is 0 Å². The standard InChI is InChI=1S/C19H15F/c20-14-19(12-15-6-2-1-3-7-15)18-11-10-16-8-4-5-9-17(16)13-18/h1-11,13-14H,12H2/b19-14-. The molecule has 3 rings (SSSR count). The summed E-state index contributed by atoms with van der Waals surface area (Å²) < 4.78 is 13.3. The largest absolute Gasteiger partial charge is 0.215 e. The van der Waals surface area contributed by atoms with Crippen molar-refractivity contribution in [1.29, 1.82) is 0 Å². The molecule has 1 heteroatoms. The molecule has 0 N–H and O–H groups in total. The first-order valence-electron chi connectivity index (χ1n) is 6.69. The Hall–Kier alpha value is -2.41. The molecule has 0 spiro atoms. The van der Waals surface area contributed by atoms with Gasteiger partial charge in [0.15, 0.2) is 0 Å². The zero-order valence-electron chi connectivity index (χ0n) is 11.1. The fourth-order valence-electron chi connectivity index (χ4n) is 2.41. The molecule has 0 saturated heterocycles. The Morgan fingerprint density at radius 2 is 1.50 bits per heavy atom. The van der Waals surface area contributed by atoms with Gasteiger partial charge in [-0.2, -0.15) is 0 Å². The zero-order valence-corrected chi connectivity index (χ0v) is 11.1. The molecule has 0 saturated carbocycles. The van der Waals surface area contributed by atoms with Crippen molar-refractivity contribution in [3.05, 3.63) is 90.3 Å². The van der Waals surface area contributed by atoms with Crippen molar-refractivity contribution in [2.75, 3.05) is 0 Å². The van der Waals surface area contributed by atoms with E-state index in [0.29, 0.717) is 12.0 Å². The van der Waals surface area contributed by atoms with Crippen LogP contribution in [0, 0.1) is 0 Å². The minimum Gasteiger partial charge on any atom is -0.215 e. The average Bonchev–Trinajstić information content (AvgIpc) is 2.53. The molecule has 0 unspecified atom stereocenters. The van der Waals surface area contributed by atoms with E-state index in [1.54, 1.807) is 0 Å². The first-order valence-corrected chi connectivity index (χ1v) is 6.69. The lowest BCUT2D eigenvalue weighted by molar-refractivity contribution is 0.721. The fraction of sp³-hybridized carbons (Fsp3) is 0.0526. The Morgan fingerprint density at radius 1 is 0.800 bits per heavy atom. The molecule has 0 atom stereocenters. The van der Waals surface area contributed by atoms with Crippen LogP contribution >= 0.6 is 0 Å². The first-order chi connectivity index (χ1) is 9.86. The number of allylic oxidation sites excluding steroid dienone is 1. The van der Waals surface area contributed by atoms with E-state index in [4.69, 9.17) is 0 Å². The third kappa shape index (κ3) is 2.62. The van der Waals surface area contributed by atoms with E-state index in [1.165, 1.54) is 5.39 Å². The Balaban J connectivity index is 1.95. The molecule has 0 bridgehead atoms. The van der Waals surface area contributed by atoms with Gasteiger partial charge < -0.3 is 0 Å². The zero-order chi connectivity index (χ0) is 13.8. The third-order valence-electron chi connectivity index (χ3n) is 3.49. The van der Waals surface area contributed by atoms with Crippen molar-refractivity contribution in [3.8, 4) is 0 Å². The highest BCUT2D eigenvalue weighted by Crippen LogP contribution is 2.24. The molecule has 0 fully saturated rings. The molecule has 98 valence electrons. The van der Waals surface area contributed by atoms with Gasteiger partial charge in [-0.3, -0.25) is 0 Å². The van der Waals surface area contributed by atoms with Crippen LogP contribution in [0.1, 0.15) is 11.1 Å². The molecule has 3 aromatic carbocycles. The van der Waals surface area contributed by atoms with Crippen molar-refractivity contribution in [3.63, 3.8) is 0 Å². The van der Waals surface area contributed by atoms with E-state index >= 15 is 0 Å². The molecule has 0 amide bonds. The summed E-state index contributed by atoms with van der Waals surface area (Å²) in [5.41, 5.74) is 2.77. The molecule has 0 aliphatic rings. The van der Waals surface area contributed by atoms with E-state index in [1.807, 2.05) is 60.7 Å². The van der Waals surface area contributed by atoms with Crippen LogP contribution in [0.5, 0.6) is 0 Å². The summed E-state index contributed by atoms with van der Waals surface area (Å²) in [7, 11) is 0. The summed E-state index contributed by atoms with van der Waals surface area (Å²) >= 11 is 0. The van der Waals surface area contributed by atoms with Crippen molar-refractivity contribution >= 4 is 16.3 Å². The number of benzene rings is 3. The topological polar surface area (TPSA) is 0 Å². The molecular formula is C19H15F. The predicted octanol–water partition coefficient (Wildman–Crippen LogP) is 5.39. The molecule has 0 radical (unpaired) electrons. The minimum atomic E-state index is 0.607. The predicted molar refractivity (Wildman–Crippen MR) is 83.2 cm³/mol. The maximum Gasteiger partial charge on any atom is 0.0908 e. The molecule has 3 aromatic rings. The normalized spacial score (nSPS) is 11.8. The lowest BCUT2D eigenvalue weighted by Gasteiger charge is -2.08. The van der Waals surface area contributed by atoms with Crippen LogP contribution in [0.4, 0.5) is 4.39 Å².